The molecule has 2 N–H and O–H groups in total. The Hall–Kier alpha value is -3.08. The second-order valence-corrected chi connectivity index (χ2v) is 22.7. The van der Waals surface area contributed by atoms with Crippen molar-refractivity contribution in [1.82, 2.24) is 0 Å². The fourth-order valence-electron chi connectivity index (χ4n) is 8.80. The molecule has 12 heteroatoms. The molecule has 0 radical (unpaired) electrons. The van der Waals surface area contributed by atoms with Gasteiger partial charge in [-0.1, -0.05) is 261 Å². The van der Waals surface area contributed by atoms with E-state index in [0.29, 0.717) is 25.7 Å². The molecule has 0 spiro atoms. The van der Waals surface area contributed by atoms with E-state index in [9.17, 15) is 28.9 Å². The number of hydrogen-bond donors (Lipinski definition) is 2. The summed E-state index contributed by atoms with van der Waals surface area (Å²) in [6.45, 7) is 4.51. The van der Waals surface area contributed by atoms with Gasteiger partial charge in [-0.2, -0.15) is 0 Å². The van der Waals surface area contributed by atoms with Gasteiger partial charge in [0.1, 0.15) is 12.7 Å². The smallest absolute Gasteiger partial charge is 0.462 e. The highest BCUT2D eigenvalue weighted by Gasteiger charge is 2.28. The molecule has 0 saturated carbocycles. The van der Waals surface area contributed by atoms with Crippen LogP contribution < -0.4 is 0 Å². The van der Waals surface area contributed by atoms with E-state index in [0.717, 1.165) is 70.6 Å². The van der Waals surface area contributed by atoms with Crippen LogP contribution in [-0.4, -0.2) is 66.5 Å². The molecule has 452 valence electrons. The number of allylic oxidation sites excluding steroid dienone is 12. The summed E-state index contributed by atoms with van der Waals surface area (Å²) >= 11 is 0. The van der Waals surface area contributed by atoms with Gasteiger partial charge in [-0.15, -0.1) is 0 Å². The van der Waals surface area contributed by atoms with E-state index in [1.807, 2.05) is 12.2 Å². The first-order valence-electron chi connectivity index (χ1n) is 31.8. The summed E-state index contributed by atoms with van der Waals surface area (Å²) < 4.78 is 39.6. The summed E-state index contributed by atoms with van der Waals surface area (Å²) in [5.41, 5.74) is 0. The maximum Gasteiger partial charge on any atom is 0.472 e. The molecule has 0 bridgehead atoms. The van der Waals surface area contributed by atoms with Crippen LogP contribution >= 0.6 is 7.82 Å². The first-order valence-corrected chi connectivity index (χ1v) is 33.3. The monoisotopic (exact) mass is 1120 g/mol. The number of hydrogen-bond acceptors (Lipinski definition) is 10. The van der Waals surface area contributed by atoms with Crippen LogP contribution in [0.2, 0.25) is 0 Å². The lowest BCUT2D eigenvalue weighted by Crippen LogP contribution is -2.30. The third kappa shape index (κ3) is 57.6. The van der Waals surface area contributed by atoms with Crippen LogP contribution in [0.1, 0.15) is 290 Å². The fourth-order valence-corrected chi connectivity index (χ4v) is 9.58. The van der Waals surface area contributed by atoms with E-state index >= 15 is 0 Å². The van der Waals surface area contributed by atoms with Crippen molar-refractivity contribution in [3.8, 4) is 0 Å². The number of carbonyl (C=O) groups excluding carboxylic acids is 3. The van der Waals surface area contributed by atoms with Crippen molar-refractivity contribution in [2.45, 2.75) is 303 Å². The molecule has 0 fully saturated rings. The van der Waals surface area contributed by atoms with Crippen molar-refractivity contribution in [2.75, 3.05) is 26.4 Å². The molecule has 0 aromatic rings. The Morgan fingerprint density at radius 1 is 0.372 bits per heavy atom. The quantitative estimate of drug-likeness (QED) is 0.0197. The third-order valence-electron chi connectivity index (χ3n) is 13.6. The van der Waals surface area contributed by atoms with Gasteiger partial charge in [-0.05, 0) is 83.5 Å². The highest BCUT2D eigenvalue weighted by atomic mass is 31.2. The van der Waals surface area contributed by atoms with Crippen LogP contribution in [0.4, 0.5) is 0 Å². The van der Waals surface area contributed by atoms with Crippen molar-refractivity contribution >= 4 is 25.7 Å². The summed E-state index contributed by atoms with van der Waals surface area (Å²) in [6.07, 6.45) is 68.6. The number of unbranched alkanes of at least 4 members (excludes halogenated alkanes) is 30. The van der Waals surface area contributed by atoms with Gasteiger partial charge >= 0.3 is 25.7 Å². The Morgan fingerprint density at radius 2 is 0.679 bits per heavy atom. The van der Waals surface area contributed by atoms with E-state index in [1.165, 1.54) is 154 Å². The number of rotatable bonds is 59. The molecule has 0 amide bonds. The van der Waals surface area contributed by atoms with Crippen molar-refractivity contribution in [1.29, 1.82) is 0 Å². The summed E-state index contributed by atoms with van der Waals surface area (Å²) in [5.74, 6) is -1.51. The zero-order valence-electron chi connectivity index (χ0n) is 50.1. The molecule has 3 atom stereocenters. The summed E-state index contributed by atoms with van der Waals surface area (Å²) in [5, 5.41) is 9.83. The van der Waals surface area contributed by atoms with Crippen molar-refractivity contribution in [2.24, 2.45) is 0 Å². The molecule has 0 heterocycles. The molecule has 3 unspecified atom stereocenters. The van der Waals surface area contributed by atoms with Crippen LogP contribution in [0.25, 0.3) is 0 Å². The van der Waals surface area contributed by atoms with Gasteiger partial charge in [0.15, 0.2) is 6.10 Å². The molecule has 0 saturated heterocycles. The fraction of sp³-hybridized carbons (Fsp3) is 0.773. The zero-order valence-corrected chi connectivity index (χ0v) is 51.0. The molecular formula is C66H117O11P. The average Bonchev–Trinajstić information content (AvgIpc) is 3.43. The van der Waals surface area contributed by atoms with Gasteiger partial charge in [0.25, 0.3) is 0 Å². The van der Waals surface area contributed by atoms with Crippen molar-refractivity contribution in [3.05, 3.63) is 72.9 Å². The molecule has 0 aliphatic heterocycles. The Morgan fingerprint density at radius 3 is 1.09 bits per heavy atom. The molecule has 11 nitrogen and oxygen atoms in total. The molecular weight excluding hydrogens is 1000 g/mol. The number of ether oxygens (including phenoxy) is 3. The van der Waals surface area contributed by atoms with Crippen molar-refractivity contribution < 1.29 is 52.2 Å². The maximum absolute atomic E-state index is 13.0. The lowest BCUT2D eigenvalue weighted by molar-refractivity contribution is -0.161. The topological polar surface area (TPSA) is 155 Å². The van der Waals surface area contributed by atoms with Gasteiger partial charge in [-0.25, -0.2) is 4.57 Å². The maximum atomic E-state index is 13.0. The number of phosphoric acid groups is 1. The van der Waals surface area contributed by atoms with Crippen LogP contribution in [0.3, 0.4) is 0 Å². The van der Waals surface area contributed by atoms with Crippen LogP contribution in [0.15, 0.2) is 72.9 Å². The molecule has 0 aliphatic carbocycles. The standard InChI is InChI=1S/C66H117O11P/c1-4-7-10-13-16-19-22-25-28-30-31-33-36-39-42-45-48-51-54-57-66(70)77-63(59-73-64(68)55-52-49-46-43-40-37-34-27-24-21-18-15-12-9-6-3)61-75-78(71,72)74-60-62(58-67)76-65(69)56-53-50-47-44-41-38-35-32-29-26-23-20-17-14-11-8-5-2/h8,11,17,20,25-26,28-29,35,38,44,47,62-63,67H,4-7,9-10,12-16,18-19,21-24,27,30-34,36-37,39-43,45-46,48-61H2,1-3H3,(H,71,72)/b11-8-,20-17-,28-25-,29-26-,38-35-,47-44-. The SMILES string of the molecule is CC/C=C\C/C=C\C/C=C\C/C=C\C/C=C\CCCC(=O)OC(CO)COP(=O)(O)OCC(COC(=O)CCCCCCCCCCCCCCCCC)OC(=O)CCCCCCCCCCC/C=C\CCCCCCCC. The molecule has 0 aliphatic rings. The summed E-state index contributed by atoms with van der Waals surface area (Å²) in [7, 11) is -4.77. The van der Waals surface area contributed by atoms with Gasteiger partial charge in [0, 0.05) is 19.3 Å². The third-order valence-corrected chi connectivity index (χ3v) is 14.6. The average molecular weight is 1120 g/mol. The minimum atomic E-state index is -4.77. The minimum Gasteiger partial charge on any atom is -0.462 e. The van der Waals surface area contributed by atoms with Gasteiger partial charge < -0.3 is 24.2 Å². The largest absolute Gasteiger partial charge is 0.472 e. The van der Waals surface area contributed by atoms with E-state index in [2.05, 4.69) is 81.5 Å². The van der Waals surface area contributed by atoms with E-state index < -0.39 is 57.8 Å². The number of aliphatic hydroxyl groups excluding tert-OH is 1. The number of phosphoric ester groups is 1. The highest BCUT2D eigenvalue weighted by Crippen LogP contribution is 2.43. The van der Waals surface area contributed by atoms with Gasteiger partial charge in [-0.3, -0.25) is 23.4 Å². The minimum absolute atomic E-state index is 0.0984. The lowest BCUT2D eigenvalue weighted by Gasteiger charge is -2.21. The Bertz CT molecular complexity index is 1590. The number of aliphatic hydroxyl groups is 1. The number of carbonyl (C=O) groups is 3. The Kier molecular flexibility index (Phi) is 57.7. The molecule has 0 aromatic heterocycles. The molecule has 78 heavy (non-hydrogen) atoms. The van der Waals surface area contributed by atoms with Crippen LogP contribution in [0.5, 0.6) is 0 Å². The first-order chi connectivity index (χ1) is 38.2. The van der Waals surface area contributed by atoms with Gasteiger partial charge in [0.05, 0.1) is 19.8 Å². The lowest BCUT2D eigenvalue weighted by atomic mass is 10.0. The second-order valence-electron chi connectivity index (χ2n) is 21.2. The number of esters is 3. The van der Waals surface area contributed by atoms with Gasteiger partial charge in [0.2, 0.25) is 0 Å². The van der Waals surface area contributed by atoms with E-state index in [-0.39, 0.29) is 25.9 Å². The summed E-state index contributed by atoms with van der Waals surface area (Å²) in [4.78, 5) is 48.7. The first kappa shape index (κ1) is 74.9. The van der Waals surface area contributed by atoms with Crippen molar-refractivity contribution in [3.63, 3.8) is 0 Å². The van der Waals surface area contributed by atoms with Crippen LogP contribution in [-0.2, 0) is 42.2 Å². The Labute approximate surface area is 478 Å². The second kappa shape index (κ2) is 60.0. The molecule has 0 aromatic carbocycles. The predicted octanol–water partition coefficient (Wildman–Crippen LogP) is 19.3. The zero-order chi connectivity index (χ0) is 56.9. The normalized spacial score (nSPS) is 13.8. The predicted molar refractivity (Wildman–Crippen MR) is 325 cm³/mol. The molecule has 0 rings (SSSR count). The van der Waals surface area contributed by atoms with Crippen LogP contribution in [0, 0.1) is 0 Å². The van der Waals surface area contributed by atoms with E-state index in [1.54, 1.807) is 0 Å². The summed E-state index contributed by atoms with van der Waals surface area (Å²) in [6, 6.07) is 0. The highest BCUT2D eigenvalue weighted by molar-refractivity contribution is 7.47. The van der Waals surface area contributed by atoms with E-state index in [4.69, 9.17) is 23.3 Å². The Balaban J connectivity index is 4.74.